The average molecular weight is 297 g/mol. The summed E-state index contributed by atoms with van der Waals surface area (Å²) in [5.41, 5.74) is 1.25. The fourth-order valence-corrected chi connectivity index (χ4v) is 2.91. The van der Waals surface area contributed by atoms with E-state index >= 15 is 0 Å². The van der Waals surface area contributed by atoms with Crippen LogP contribution in [0.1, 0.15) is 31.4 Å². The Bertz CT molecular complexity index is 522. The SMILES string of the molecule is C[C@@H](c1cccnc1)N1CCN(C[C@H](C#N)CCC#N)CC1. The van der Waals surface area contributed by atoms with Crippen LogP contribution in [0.3, 0.4) is 0 Å². The second-order valence-electron chi connectivity index (χ2n) is 5.82. The molecule has 0 amide bonds. The Labute approximate surface area is 132 Å². The summed E-state index contributed by atoms with van der Waals surface area (Å²) >= 11 is 0. The van der Waals surface area contributed by atoms with Gasteiger partial charge in [-0.3, -0.25) is 14.8 Å². The maximum atomic E-state index is 9.17. The highest BCUT2D eigenvalue weighted by Crippen LogP contribution is 2.21. The van der Waals surface area contributed by atoms with E-state index in [0.29, 0.717) is 18.9 Å². The van der Waals surface area contributed by atoms with E-state index < -0.39 is 0 Å². The molecule has 0 unspecified atom stereocenters. The van der Waals surface area contributed by atoms with Gasteiger partial charge >= 0.3 is 0 Å². The first-order valence-electron chi connectivity index (χ1n) is 7.87. The summed E-state index contributed by atoms with van der Waals surface area (Å²) < 4.78 is 0. The number of pyridine rings is 1. The number of piperazine rings is 1. The topological polar surface area (TPSA) is 67.0 Å². The van der Waals surface area contributed by atoms with Crippen molar-refractivity contribution in [2.24, 2.45) is 5.92 Å². The second-order valence-corrected chi connectivity index (χ2v) is 5.82. The summed E-state index contributed by atoms with van der Waals surface area (Å²) in [6.45, 7) is 6.98. The van der Waals surface area contributed by atoms with Crippen molar-refractivity contribution in [3.05, 3.63) is 30.1 Å². The van der Waals surface area contributed by atoms with Crippen molar-refractivity contribution in [2.75, 3.05) is 32.7 Å². The quantitative estimate of drug-likeness (QED) is 0.805. The Morgan fingerprint density at radius 2 is 2.05 bits per heavy atom. The number of nitriles is 2. The molecule has 22 heavy (non-hydrogen) atoms. The summed E-state index contributed by atoms with van der Waals surface area (Å²) in [4.78, 5) is 9.00. The van der Waals surface area contributed by atoms with E-state index in [0.717, 1.165) is 32.7 Å². The van der Waals surface area contributed by atoms with E-state index in [4.69, 9.17) is 10.5 Å². The van der Waals surface area contributed by atoms with E-state index in [2.05, 4.69) is 39.9 Å². The van der Waals surface area contributed by atoms with Gasteiger partial charge in [0.25, 0.3) is 0 Å². The zero-order valence-corrected chi connectivity index (χ0v) is 13.1. The molecule has 1 saturated heterocycles. The minimum absolute atomic E-state index is 0.0260. The third-order valence-electron chi connectivity index (χ3n) is 4.39. The Hall–Kier alpha value is -1.95. The highest BCUT2D eigenvalue weighted by Gasteiger charge is 2.23. The molecule has 1 aliphatic heterocycles. The van der Waals surface area contributed by atoms with Crippen molar-refractivity contribution < 1.29 is 0 Å². The van der Waals surface area contributed by atoms with E-state index in [9.17, 15) is 0 Å². The normalized spacial score (nSPS) is 19.0. The summed E-state index contributed by atoms with van der Waals surface area (Å²) in [5.74, 6) is -0.0260. The molecule has 1 fully saturated rings. The molecular formula is C17H23N5. The first-order chi connectivity index (χ1) is 10.7. The molecule has 0 aromatic carbocycles. The summed E-state index contributed by atoms with van der Waals surface area (Å²) in [6.07, 6.45) is 4.89. The van der Waals surface area contributed by atoms with Crippen LogP contribution in [0.15, 0.2) is 24.5 Å². The van der Waals surface area contributed by atoms with E-state index in [1.54, 1.807) is 6.20 Å². The van der Waals surface area contributed by atoms with Crippen LogP contribution in [0.4, 0.5) is 0 Å². The van der Waals surface area contributed by atoms with Crippen LogP contribution in [0.25, 0.3) is 0 Å². The van der Waals surface area contributed by atoms with Gasteiger partial charge in [-0.2, -0.15) is 10.5 Å². The average Bonchev–Trinajstić information content (AvgIpc) is 2.59. The largest absolute Gasteiger partial charge is 0.299 e. The van der Waals surface area contributed by atoms with Crippen LogP contribution >= 0.6 is 0 Å². The predicted molar refractivity (Wildman–Crippen MR) is 84.6 cm³/mol. The van der Waals surface area contributed by atoms with Crippen LogP contribution < -0.4 is 0 Å². The standard InChI is InChI=1S/C17H23N5/c1-15(17-5-3-7-20-13-17)22-10-8-21(9-11-22)14-16(12-19)4-2-6-18/h3,5,7,13,15-16H,2,4,8-11,14H2,1H3/t15-,16-/m0/s1. The lowest BCUT2D eigenvalue weighted by Gasteiger charge is -2.38. The molecule has 0 bridgehead atoms. The van der Waals surface area contributed by atoms with Gasteiger partial charge in [0.05, 0.1) is 18.1 Å². The first kappa shape index (κ1) is 16.4. The lowest BCUT2D eigenvalue weighted by molar-refractivity contribution is 0.0954. The maximum absolute atomic E-state index is 9.17. The van der Waals surface area contributed by atoms with Crippen molar-refractivity contribution in [1.82, 2.24) is 14.8 Å². The van der Waals surface area contributed by atoms with Crippen LogP contribution in [0.2, 0.25) is 0 Å². The molecule has 0 spiro atoms. The summed E-state index contributed by atoms with van der Waals surface area (Å²) in [7, 11) is 0. The fraction of sp³-hybridized carbons (Fsp3) is 0.588. The van der Waals surface area contributed by atoms with Crippen molar-refractivity contribution in [2.45, 2.75) is 25.8 Å². The second kappa shape index (κ2) is 8.48. The van der Waals surface area contributed by atoms with Gasteiger partial charge in [0, 0.05) is 57.6 Å². The zero-order valence-electron chi connectivity index (χ0n) is 13.1. The van der Waals surface area contributed by atoms with Crippen LogP contribution in [-0.2, 0) is 0 Å². The Morgan fingerprint density at radius 3 is 2.64 bits per heavy atom. The van der Waals surface area contributed by atoms with Crippen molar-refractivity contribution in [3.63, 3.8) is 0 Å². The summed E-state index contributed by atoms with van der Waals surface area (Å²) in [6, 6.07) is 8.94. The lowest BCUT2D eigenvalue weighted by atomic mass is 10.0. The molecular weight excluding hydrogens is 274 g/mol. The molecule has 0 N–H and O–H groups in total. The van der Waals surface area contributed by atoms with E-state index in [1.165, 1.54) is 5.56 Å². The molecule has 0 aliphatic carbocycles. The number of hydrogen-bond donors (Lipinski definition) is 0. The summed E-state index contributed by atoms with van der Waals surface area (Å²) in [5, 5.41) is 17.8. The lowest BCUT2D eigenvalue weighted by Crippen LogP contribution is -2.48. The van der Waals surface area contributed by atoms with Crippen molar-refractivity contribution >= 4 is 0 Å². The highest BCUT2D eigenvalue weighted by atomic mass is 15.3. The van der Waals surface area contributed by atoms with E-state index in [-0.39, 0.29) is 5.92 Å². The Morgan fingerprint density at radius 1 is 1.27 bits per heavy atom. The molecule has 2 atom stereocenters. The molecule has 0 radical (unpaired) electrons. The molecule has 2 rings (SSSR count). The Balaban J connectivity index is 1.80. The molecule has 5 heteroatoms. The number of hydrogen-bond acceptors (Lipinski definition) is 5. The first-order valence-corrected chi connectivity index (χ1v) is 7.87. The predicted octanol–water partition coefficient (Wildman–Crippen LogP) is 2.20. The molecule has 116 valence electrons. The molecule has 1 aliphatic rings. The molecule has 1 aromatic rings. The van der Waals surface area contributed by atoms with Gasteiger partial charge in [0.15, 0.2) is 0 Å². The smallest absolute Gasteiger partial charge is 0.0669 e. The van der Waals surface area contributed by atoms with Gasteiger partial charge in [-0.05, 0) is 25.0 Å². The molecule has 2 heterocycles. The highest BCUT2D eigenvalue weighted by molar-refractivity contribution is 5.13. The van der Waals surface area contributed by atoms with Gasteiger partial charge in [0.1, 0.15) is 0 Å². The Kier molecular flexibility index (Phi) is 6.33. The minimum Gasteiger partial charge on any atom is -0.299 e. The van der Waals surface area contributed by atoms with Crippen LogP contribution in [-0.4, -0.2) is 47.5 Å². The van der Waals surface area contributed by atoms with Gasteiger partial charge in [-0.15, -0.1) is 0 Å². The van der Waals surface area contributed by atoms with Gasteiger partial charge in [-0.1, -0.05) is 6.07 Å². The number of nitrogens with zero attached hydrogens (tertiary/aromatic N) is 5. The number of aromatic nitrogens is 1. The van der Waals surface area contributed by atoms with Gasteiger partial charge in [-0.25, -0.2) is 0 Å². The third-order valence-corrected chi connectivity index (χ3v) is 4.39. The fourth-order valence-electron chi connectivity index (χ4n) is 2.91. The zero-order chi connectivity index (χ0) is 15.8. The molecule has 0 saturated carbocycles. The third kappa shape index (κ3) is 4.53. The minimum atomic E-state index is -0.0260. The van der Waals surface area contributed by atoms with Crippen molar-refractivity contribution in [1.29, 1.82) is 10.5 Å². The maximum Gasteiger partial charge on any atom is 0.0669 e. The number of rotatable bonds is 6. The van der Waals surface area contributed by atoms with E-state index in [1.807, 2.05) is 12.3 Å². The monoisotopic (exact) mass is 297 g/mol. The van der Waals surface area contributed by atoms with Gasteiger partial charge < -0.3 is 0 Å². The van der Waals surface area contributed by atoms with Crippen molar-refractivity contribution in [3.8, 4) is 12.1 Å². The van der Waals surface area contributed by atoms with Crippen LogP contribution in [0, 0.1) is 28.6 Å². The van der Waals surface area contributed by atoms with Crippen LogP contribution in [0.5, 0.6) is 0 Å². The molecule has 1 aromatic heterocycles. The molecule has 5 nitrogen and oxygen atoms in total. The van der Waals surface area contributed by atoms with Gasteiger partial charge in [0.2, 0.25) is 0 Å².